The van der Waals surface area contributed by atoms with Gasteiger partial charge in [0, 0.05) is 11.0 Å². The lowest BCUT2D eigenvalue weighted by Crippen LogP contribution is -2.32. The summed E-state index contributed by atoms with van der Waals surface area (Å²) in [5.74, 6) is 0.00216. The van der Waals surface area contributed by atoms with Crippen LogP contribution in [0.15, 0.2) is 53.0 Å². The Kier molecular flexibility index (Phi) is 6.16. The van der Waals surface area contributed by atoms with E-state index in [0.29, 0.717) is 6.54 Å². The lowest BCUT2D eigenvalue weighted by atomic mass is 10.2. The summed E-state index contributed by atoms with van der Waals surface area (Å²) < 4.78 is 0.909. The zero-order valence-corrected chi connectivity index (χ0v) is 14.6. The van der Waals surface area contributed by atoms with Gasteiger partial charge in [0.25, 0.3) is 0 Å². The number of amides is 1. The van der Waals surface area contributed by atoms with E-state index in [4.69, 9.17) is 0 Å². The van der Waals surface area contributed by atoms with Gasteiger partial charge in [-0.3, -0.25) is 9.69 Å². The molecule has 0 fully saturated rings. The Bertz CT molecular complexity index is 628. The first kappa shape index (κ1) is 16.7. The number of likely N-dealkylation sites (N-methyl/N-ethyl adjacent to an activating group) is 1. The molecule has 0 saturated carbocycles. The predicted octanol–water partition coefficient (Wildman–Crippen LogP) is 4.22. The van der Waals surface area contributed by atoms with E-state index in [1.807, 2.05) is 43.3 Å². The smallest absolute Gasteiger partial charge is 0.238 e. The minimum atomic E-state index is 0.00216. The number of hydrogen-bond donors (Lipinski definition) is 1. The third-order valence-electron chi connectivity index (χ3n) is 3.46. The summed E-state index contributed by atoms with van der Waals surface area (Å²) in [5.41, 5.74) is 3.18. The highest BCUT2D eigenvalue weighted by atomic mass is 79.9. The maximum atomic E-state index is 12.2. The molecule has 0 atom stereocenters. The Labute approximate surface area is 140 Å². The molecule has 0 aromatic heterocycles. The van der Waals surface area contributed by atoms with Crippen LogP contribution in [0, 0.1) is 6.92 Å². The van der Waals surface area contributed by atoms with Crippen LogP contribution in [0.5, 0.6) is 0 Å². The first-order valence-corrected chi connectivity index (χ1v) is 8.20. The molecular formula is C18H21BrN2O. The molecule has 1 N–H and O–H groups in total. The molecule has 0 aliphatic heterocycles. The van der Waals surface area contributed by atoms with Crippen molar-refractivity contribution in [3.8, 4) is 0 Å². The molecule has 2 aromatic rings. The molecule has 2 rings (SSSR count). The molecule has 0 heterocycles. The van der Waals surface area contributed by atoms with Gasteiger partial charge in [-0.15, -0.1) is 0 Å². The highest BCUT2D eigenvalue weighted by Crippen LogP contribution is 2.23. The second kappa shape index (κ2) is 8.11. The number of carbonyl (C=O) groups excluding carboxylic acids is 1. The quantitative estimate of drug-likeness (QED) is 0.836. The van der Waals surface area contributed by atoms with Gasteiger partial charge in [-0.2, -0.15) is 0 Å². The van der Waals surface area contributed by atoms with E-state index < -0.39 is 0 Å². The highest BCUT2D eigenvalue weighted by Gasteiger charge is 2.11. The summed E-state index contributed by atoms with van der Waals surface area (Å²) in [6.07, 6.45) is 0. The Morgan fingerprint density at radius 1 is 1.18 bits per heavy atom. The molecule has 3 nitrogen and oxygen atoms in total. The Morgan fingerprint density at radius 3 is 2.55 bits per heavy atom. The van der Waals surface area contributed by atoms with Crippen molar-refractivity contribution in [2.75, 3.05) is 18.4 Å². The van der Waals surface area contributed by atoms with E-state index in [0.717, 1.165) is 28.8 Å². The van der Waals surface area contributed by atoms with Crippen molar-refractivity contribution in [1.29, 1.82) is 0 Å². The monoisotopic (exact) mass is 360 g/mol. The largest absolute Gasteiger partial charge is 0.324 e. The summed E-state index contributed by atoms with van der Waals surface area (Å²) >= 11 is 3.48. The van der Waals surface area contributed by atoms with Crippen LogP contribution in [0.4, 0.5) is 5.69 Å². The molecule has 1 amide bonds. The zero-order valence-electron chi connectivity index (χ0n) is 13.0. The first-order chi connectivity index (χ1) is 10.6. The van der Waals surface area contributed by atoms with Crippen molar-refractivity contribution in [3.63, 3.8) is 0 Å². The molecule has 22 heavy (non-hydrogen) atoms. The third-order valence-corrected chi connectivity index (χ3v) is 4.12. The van der Waals surface area contributed by atoms with Crippen LogP contribution in [-0.4, -0.2) is 23.9 Å². The average molecular weight is 361 g/mol. The van der Waals surface area contributed by atoms with Crippen LogP contribution in [0.25, 0.3) is 0 Å². The van der Waals surface area contributed by atoms with Crippen molar-refractivity contribution < 1.29 is 4.79 Å². The zero-order chi connectivity index (χ0) is 15.9. The molecule has 0 aliphatic carbocycles. The minimum absolute atomic E-state index is 0.00216. The number of carbonyl (C=O) groups is 1. The SMILES string of the molecule is CCN(CC(=O)Nc1ccc(C)cc1Br)Cc1ccccc1. The summed E-state index contributed by atoms with van der Waals surface area (Å²) in [6, 6.07) is 16.1. The second-order valence-corrected chi connectivity index (χ2v) is 6.17. The number of anilines is 1. The summed E-state index contributed by atoms with van der Waals surface area (Å²) in [4.78, 5) is 14.4. The van der Waals surface area contributed by atoms with E-state index in [2.05, 4.69) is 45.2 Å². The van der Waals surface area contributed by atoms with Crippen LogP contribution in [-0.2, 0) is 11.3 Å². The topological polar surface area (TPSA) is 32.3 Å². The van der Waals surface area contributed by atoms with Gasteiger partial charge in [0.1, 0.15) is 0 Å². The molecule has 0 saturated heterocycles. The number of aryl methyl sites for hydroxylation is 1. The van der Waals surface area contributed by atoms with Crippen LogP contribution < -0.4 is 5.32 Å². The molecule has 0 aliphatic rings. The number of halogens is 1. The molecule has 0 bridgehead atoms. The number of hydrogen-bond acceptors (Lipinski definition) is 2. The summed E-state index contributed by atoms with van der Waals surface area (Å²) in [7, 11) is 0. The van der Waals surface area contributed by atoms with E-state index in [-0.39, 0.29) is 5.91 Å². The van der Waals surface area contributed by atoms with Crippen LogP contribution >= 0.6 is 15.9 Å². The van der Waals surface area contributed by atoms with E-state index in [1.54, 1.807) is 0 Å². The van der Waals surface area contributed by atoms with Gasteiger partial charge in [-0.25, -0.2) is 0 Å². The fraction of sp³-hybridized carbons (Fsp3) is 0.278. The molecule has 116 valence electrons. The molecule has 0 spiro atoms. The van der Waals surface area contributed by atoms with Gasteiger partial charge in [0.15, 0.2) is 0 Å². The normalized spacial score (nSPS) is 10.7. The van der Waals surface area contributed by atoms with Crippen LogP contribution in [0.3, 0.4) is 0 Å². The standard InChI is InChI=1S/C18H21BrN2O/c1-3-21(12-15-7-5-4-6-8-15)13-18(22)20-17-10-9-14(2)11-16(17)19/h4-11H,3,12-13H2,1-2H3,(H,20,22). The fourth-order valence-corrected chi connectivity index (χ4v) is 2.83. The van der Waals surface area contributed by atoms with Crippen LogP contribution in [0.1, 0.15) is 18.1 Å². The molecule has 2 aromatic carbocycles. The van der Waals surface area contributed by atoms with E-state index in [1.165, 1.54) is 5.56 Å². The Morgan fingerprint density at radius 2 is 1.91 bits per heavy atom. The third kappa shape index (κ3) is 4.97. The van der Waals surface area contributed by atoms with Gasteiger partial charge in [-0.05, 0) is 52.7 Å². The lowest BCUT2D eigenvalue weighted by molar-refractivity contribution is -0.117. The predicted molar refractivity (Wildman–Crippen MR) is 94.9 cm³/mol. The van der Waals surface area contributed by atoms with Crippen molar-refractivity contribution >= 4 is 27.5 Å². The summed E-state index contributed by atoms with van der Waals surface area (Å²) in [5, 5.41) is 2.96. The maximum absolute atomic E-state index is 12.2. The fourth-order valence-electron chi connectivity index (χ4n) is 2.24. The van der Waals surface area contributed by atoms with Gasteiger partial charge in [0.05, 0.1) is 12.2 Å². The van der Waals surface area contributed by atoms with Crippen molar-refractivity contribution in [1.82, 2.24) is 4.90 Å². The Hall–Kier alpha value is -1.65. The highest BCUT2D eigenvalue weighted by molar-refractivity contribution is 9.10. The average Bonchev–Trinajstić information content (AvgIpc) is 2.50. The molecular weight excluding hydrogens is 340 g/mol. The number of nitrogens with zero attached hydrogens (tertiary/aromatic N) is 1. The first-order valence-electron chi connectivity index (χ1n) is 7.40. The number of rotatable bonds is 6. The number of nitrogens with one attached hydrogen (secondary N) is 1. The van der Waals surface area contributed by atoms with Gasteiger partial charge >= 0.3 is 0 Å². The van der Waals surface area contributed by atoms with Gasteiger partial charge in [0.2, 0.25) is 5.91 Å². The minimum Gasteiger partial charge on any atom is -0.324 e. The van der Waals surface area contributed by atoms with E-state index >= 15 is 0 Å². The second-order valence-electron chi connectivity index (χ2n) is 5.32. The maximum Gasteiger partial charge on any atom is 0.238 e. The molecule has 0 radical (unpaired) electrons. The number of benzene rings is 2. The Balaban J connectivity index is 1.94. The van der Waals surface area contributed by atoms with Gasteiger partial charge < -0.3 is 5.32 Å². The van der Waals surface area contributed by atoms with Crippen molar-refractivity contribution in [2.45, 2.75) is 20.4 Å². The summed E-state index contributed by atoms with van der Waals surface area (Å²) in [6.45, 7) is 6.08. The van der Waals surface area contributed by atoms with Crippen molar-refractivity contribution in [3.05, 3.63) is 64.1 Å². The molecule has 0 unspecified atom stereocenters. The lowest BCUT2D eigenvalue weighted by Gasteiger charge is -2.20. The molecule has 4 heteroatoms. The van der Waals surface area contributed by atoms with Crippen LogP contribution in [0.2, 0.25) is 0 Å². The van der Waals surface area contributed by atoms with E-state index in [9.17, 15) is 4.79 Å². The van der Waals surface area contributed by atoms with Crippen molar-refractivity contribution in [2.24, 2.45) is 0 Å². The van der Waals surface area contributed by atoms with Gasteiger partial charge in [-0.1, -0.05) is 43.3 Å².